The third kappa shape index (κ3) is 3.28. The van der Waals surface area contributed by atoms with E-state index >= 15 is 0 Å². The minimum absolute atomic E-state index is 0.251. The molecule has 2 heterocycles. The van der Waals surface area contributed by atoms with E-state index in [1.807, 2.05) is 17.9 Å². The molecule has 5 nitrogen and oxygen atoms in total. The van der Waals surface area contributed by atoms with Gasteiger partial charge in [0.25, 0.3) is 0 Å². The van der Waals surface area contributed by atoms with E-state index in [9.17, 15) is 0 Å². The van der Waals surface area contributed by atoms with Gasteiger partial charge in [-0.2, -0.15) is 0 Å². The molecule has 0 aliphatic carbocycles. The van der Waals surface area contributed by atoms with E-state index in [1.165, 1.54) is 0 Å². The molecule has 5 heteroatoms. The van der Waals surface area contributed by atoms with Crippen molar-refractivity contribution in [2.24, 2.45) is 5.92 Å². The van der Waals surface area contributed by atoms with Gasteiger partial charge in [-0.05, 0) is 18.9 Å². The standard InChI is InChI=1S/C15H24N4O/c1-10(2)6-18-14-5-11(3)17-7-13(14)15(16)19-8-12(9-19)20-4/h5,7,10,12,16H,6,8-9H2,1-4H3,(H,17,18). The zero-order valence-electron chi connectivity index (χ0n) is 12.7. The Morgan fingerprint density at radius 2 is 2.25 bits per heavy atom. The lowest BCUT2D eigenvalue weighted by atomic mass is 10.1. The topological polar surface area (TPSA) is 61.2 Å². The Bertz CT molecular complexity index is 481. The number of nitrogens with zero attached hydrogens (tertiary/aromatic N) is 2. The molecule has 0 atom stereocenters. The number of rotatable bonds is 5. The second-order valence-electron chi connectivity index (χ2n) is 5.76. The van der Waals surface area contributed by atoms with E-state index in [1.54, 1.807) is 13.3 Å². The van der Waals surface area contributed by atoms with Gasteiger partial charge in [0.1, 0.15) is 5.84 Å². The summed E-state index contributed by atoms with van der Waals surface area (Å²) in [5, 5.41) is 11.8. The van der Waals surface area contributed by atoms with Crippen molar-refractivity contribution in [3.05, 3.63) is 23.5 Å². The van der Waals surface area contributed by atoms with Gasteiger partial charge in [0.2, 0.25) is 0 Å². The number of anilines is 1. The monoisotopic (exact) mass is 276 g/mol. The average molecular weight is 276 g/mol. The molecule has 1 aliphatic heterocycles. The molecule has 1 saturated heterocycles. The van der Waals surface area contributed by atoms with Crippen LogP contribution in [-0.2, 0) is 4.74 Å². The van der Waals surface area contributed by atoms with Crippen LogP contribution in [0.1, 0.15) is 25.1 Å². The lowest BCUT2D eigenvalue weighted by Crippen LogP contribution is -2.54. The Kier molecular flexibility index (Phi) is 4.60. The van der Waals surface area contributed by atoms with E-state index in [0.29, 0.717) is 11.8 Å². The SMILES string of the molecule is COC1CN(C(=N)c2cnc(C)cc2NCC(C)C)C1. The number of ether oxygens (including phenoxy) is 1. The Hall–Kier alpha value is -1.62. The molecule has 0 amide bonds. The molecule has 0 bridgehead atoms. The first kappa shape index (κ1) is 14.8. The van der Waals surface area contributed by atoms with Crippen molar-refractivity contribution in [3.63, 3.8) is 0 Å². The van der Waals surface area contributed by atoms with Gasteiger partial charge < -0.3 is 15.0 Å². The van der Waals surface area contributed by atoms with E-state index in [-0.39, 0.29) is 6.10 Å². The van der Waals surface area contributed by atoms with Crippen LogP contribution in [-0.4, -0.2) is 48.6 Å². The molecular formula is C15H24N4O. The number of hydrogen-bond acceptors (Lipinski definition) is 4. The summed E-state index contributed by atoms with van der Waals surface area (Å²) in [5.41, 5.74) is 2.83. The van der Waals surface area contributed by atoms with Crippen molar-refractivity contribution in [1.82, 2.24) is 9.88 Å². The van der Waals surface area contributed by atoms with Crippen LogP contribution in [0.3, 0.4) is 0 Å². The highest BCUT2D eigenvalue weighted by Crippen LogP contribution is 2.21. The zero-order valence-corrected chi connectivity index (χ0v) is 12.7. The molecule has 0 saturated carbocycles. The maximum absolute atomic E-state index is 8.34. The van der Waals surface area contributed by atoms with E-state index in [0.717, 1.165) is 36.6 Å². The number of hydrogen-bond donors (Lipinski definition) is 2. The predicted molar refractivity (Wildman–Crippen MR) is 81.5 cm³/mol. The van der Waals surface area contributed by atoms with E-state index in [4.69, 9.17) is 10.1 Å². The minimum Gasteiger partial charge on any atom is -0.384 e. The van der Waals surface area contributed by atoms with E-state index < -0.39 is 0 Å². The van der Waals surface area contributed by atoms with Gasteiger partial charge in [-0.1, -0.05) is 13.8 Å². The van der Waals surface area contributed by atoms with Gasteiger partial charge in [0.05, 0.1) is 11.7 Å². The number of aromatic nitrogens is 1. The molecule has 1 fully saturated rings. The van der Waals surface area contributed by atoms with Crippen molar-refractivity contribution in [1.29, 1.82) is 5.41 Å². The summed E-state index contributed by atoms with van der Waals surface area (Å²) in [7, 11) is 1.72. The molecule has 20 heavy (non-hydrogen) atoms. The van der Waals surface area contributed by atoms with Crippen LogP contribution in [0, 0.1) is 18.3 Å². The molecule has 2 rings (SSSR count). The third-order valence-corrected chi connectivity index (χ3v) is 3.49. The van der Waals surface area contributed by atoms with Crippen LogP contribution in [0.2, 0.25) is 0 Å². The first-order chi connectivity index (χ1) is 9.51. The number of likely N-dealkylation sites (tertiary alicyclic amines) is 1. The lowest BCUT2D eigenvalue weighted by molar-refractivity contribution is 0.00576. The van der Waals surface area contributed by atoms with Crippen molar-refractivity contribution in [2.75, 3.05) is 32.1 Å². The Balaban J connectivity index is 2.11. The molecule has 110 valence electrons. The maximum atomic E-state index is 8.34. The smallest absolute Gasteiger partial charge is 0.131 e. The summed E-state index contributed by atoms with van der Waals surface area (Å²) in [6, 6.07) is 2.01. The second-order valence-corrected chi connectivity index (χ2v) is 5.76. The van der Waals surface area contributed by atoms with Gasteiger partial charge in [-0.25, -0.2) is 0 Å². The van der Waals surface area contributed by atoms with Crippen molar-refractivity contribution < 1.29 is 4.74 Å². The molecule has 2 N–H and O–H groups in total. The van der Waals surface area contributed by atoms with Gasteiger partial charge in [-0.15, -0.1) is 0 Å². The molecule has 0 radical (unpaired) electrons. The summed E-state index contributed by atoms with van der Waals surface area (Å²) >= 11 is 0. The third-order valence-electron chi connectivity index (χ3n) is 3.49. The molecule has 0 unspecified atom stereocenters. The number of amidine groups is 1. The lowest BCUT2D eigenvalue weighted by Gasteiger charge is -2.40. The van der Waals surface area contributed by atoms with Crippen LogP contribution in [0.15, 0.2) is 12.3 Å². The highest BCUT2D eigenvalue weighted by atomic mass is 16.5. The number of nitrogens with one attached hydrogen (secondary N) is 2. The fourth-order valence-corrected chi connectivity index (χ4v) is 2.15. The Labute approximate surface area is 120 Å². The largest absolute Gasteiger partial charge is 0.384 e. The molecule has 0 spiro atoms. The van der Waals surface area contributed by atoms with Crippen molar-refractivity contribution in [2.45, 2.75) is 26.9 Å². The van der Waals surface area contributed by atoms with Crippen molar-refractivity contribution in [3.8, 4) is 0 Å². The quantitative estimate of drug-likeness (QED) is 0.639. The first-order valence-corrected chi connectivity index (χ1v) is 7.08. The summed E-state index contributed by atoms with van der Waals surface area (Å²) in [5.74, 6) is 1.09. The fourth-order valence-electron chi connectivity index (χ4n) is 2.15. The highest BCUT2D eigenvalue weighted by molar-refractivity contribution is 6.01. The number of methoxy groups -OCH3 is 1. The summed E-state index contributed by atoms with van der Waals surface area (Å²) < 4.78 is 5.26. The Morgan fingerprint density at radius 3 is 2.85 bits per heavy atom. The van der Waals surface area contributed by atoms with Crippen LogP contribution < -0.4 is 5.32 Å². The fraction of sp³-hybridized carbons (Fsp3) is 0.600. The normalized spacial score (nSPS) is 15.3. The van der Waals surface area contributed by atoms with Crippen molar-refractivity contribution >= 4 is 11.5 Å². The summed E-state index contributed by atoms with van der Waals surface area (Å²) in [4.78, 5) is 6.34. The average Bonchev–Trinajstić information content (AvgIpc) is 2.35. The van der Waals surface area contributed by atoms with Crippen LogP contribution in [0.4, 0.5) is 5.69 Å². The van der Waals surface area contributed by atoms with Gasteiger partial charge in [-0.3, -0.25) is 10.4 Å². The Morgan fingerprint density at radius 1 is 1.55 bits per heavy atom. The molecule has 1 aliphatic rings. The zero-order chi connectivity index (χ0) is 14.7. The number of pyridine rings is 1. The van der Waals surface area contributed by atoms with Gasteiger partial charge in [0, 0.05) is 44.3 Å². The molecular weight excluding hydrogens is 252 g/mol. The predicted octanol–water partition coefficient (Wildman–Crippen LogP) is 2.11. The maximum Gasteiger partial charge on any atom is 0.131 e. The summed E-state index contributed by atoms with van der Waals surface area (Å²) in [6.45, 7) is 8.78. The van der Waals surface area contributed by atoms with Crippen LogP contribution in [0.25, 0.3) is 0 Å². The highest BCUT2D eigenvalue weighted by Gasteiger charge is 2.30. The molecule has 1 aromatic rings. The number of aryl methyl sites for hydroxylation is 1. The molecule has 1 aromatic heterocycles. The summed E-state index contributed by atoms with van der Waals surface area (Å²) in [6.07, 6.45) is 2.04. The minimum atomic E-state index is 0.251. The van der Waals surface area contributed by atoms with Gasteiger partial charge >= 0.3 is 0 Å². The van der Waals surface area contributed by atoms with E-state index in [2.05, 4.69) is 24.1 Å². The van der Waals surface area contributed by atoms with Crippen LogP contribution in [0.5, 0.6) is 0 Å². The molecule has 0 aromatic carbocycles. The van der Waals surface area contributed by atoms with Crippen LogP contribution >= 0.6 is 0 Å². The second kappa shape index (κ2) is 6.22. The first-order valence-electron chi connectivity index (χ1n) is 7.08. The van der Waals surface area contributed by atoms with Gasteiger partial charge in [0.15, 0.2) is 0 Å².